The van der Waals surface area contributed by atoms with Crippen LogP contribution in [0.5, 0.6) is 0 Å². The highest BCUT2D eigenvalue weighted by Gasteiger charge is 2.31. The van der Waals surface area contributed by atoms with Crippen LogP contribution in [-0.2, 0) is 4.74 Å². The lowest BCUT2D eigenvalue weighted by Gasteiger charge is -2.23. The fourth-order valence-corrected chi connectivity index (χ4v) is 2.76. The molecule has 0 aromatic heterocycles. The molecule has 4 atom stereocenters. The minimum absolute atomic E-state index is 0.194. The van der Waals surface area contributed by atoms with Crippen LogP contribution >= 0.6 is 0 Å². The summed E-state index contributed by atoms with van der Waals surface area (Å²) in [5.41, 5.74) is 0. The van der Waals surface area contributed by atoms with Crippen LogP contribution in [0, 0.1) is 11.8 Å². The van der Waals surface area contributed by atoms with Gasteiger partial charge in [-0.25, -0.2) is 0 Å². The Morgan fingerprint density at radius 1 is 1.35 bits per heavy atom. The number of ether oxygens (including phenoxy) is 1. The van der Waals surface area contributed by atoms with Crippen LogP contribution < -0.4 is 5.32 Å². The summed E-state index contributed by atoms with van der Waals surface area (Å²) in [7, 11) is 0. The Kier molecular flexibility index (Phi) is 6.45. The molecule has 0 aromatic carbocycles. The van der Waals surface area contributed by atoms with Crippen LogP contribution in [0.3, 0.4) is 0 Å². The third-order valence-electron chi connectivity index (χ3n) is 3.99. The molecule has 3 nitrogen and oxygen atoms in total. The van der Waals surface area contributed by atoms with E-state index in [0.717, 1.165) is 11.8 Å². The smallest absolute Gasteiger partial charge is 0.0897 e. The van der Waals surface area contributed by atoms with E-state index in [0.29, 0.717) is 19.2 Å². The molecule has 1 aliphatic carbocycles. The number of rotatable bonds is 7. The van der Waals surface area contributed by atoms with Gasteiger partial charge >= 0.3 is 0 Å². The monoisotopic (exact) mass is 243 g/mol. The lowest BCUT2D eigenvalue weighted by molar-refractivity contribution is 0.00498. The van der Waals surface area contributed by atoms with Gasteiger partial charge in [-0.2, -0.15) is 0 Å². The van der Waals surface area contributed by atoms with Gasteiger partial charge in [-0.1, -0.05) is 20.3 Å². The summed E-state index contributed by atoms with van der Waals surface area (Å²) in [4.78, 5) is 0. The van der Waals surface area contributed by atoms with E-state index in [1.54, 1.807) is 0 Å². The minimum Gasteiger partial charge on any atom is -0.389 e. The molecule has 0 spiro atoms. The molecule has 1 fully saturated rings. The van der Waals surface area contributed by atoms with Crippen LogP contribution in [0.15, 0.2) is 0 Å². The van der Waals surface area contributed by atoms with E-state index in [1.165, 1.54) is 19.3 Å². The van der Waals surface area contributed by atoms with Crippen molar-refractivity contribution in [2.45, 2.75) is 65.2 Å². The second kappa shape index (κ2) is 7.34. The fourth-order valence-electron chi connectivity index (χ4n) is 2.76. The Morgan fingerprint density at radius 2 is 2.06 bits per heavy atom. The van der Waals surface area contributed by atoms with Gasteiger partial charge in [-0.15, -0.1) is 0 Å². The van der Waals surface area contributed by atoms with Gasteiger partial charge in [0.05, 0.1) is 18.8 Å². The van der Waals surface area contributed by atoms with Crippen molar-refractivity contribution in [3.63, 3.8) is 0 Å². The SMILES string of the molecule is CCC1CCC(NCC(O)COC(C)C)C1C. The highest BCUT2D eigenvalue weighted by Crippen LogP contribution is 2.33. The molecule has 0 heterocycles. The number of hydrogen-bond acceptors (Lipinski definition) is 3. The predicted octanol–water partition coefficient (Wildman–Crippen LogP) is 2.19. The summed E-state index contributed by atoms with van der Waals surface area (Å²) in [6.45, 7) is 9.67. The van der Waals surface area contributed by atoms with Crippen LogP contribution in [-0.4, -0.2) is 36.5 Å². The van der Waals surface area contributed by atoms with Crippen molar-refractivity contribution in [1.82, 2.24) is 5.32 Å². The van der Waals surface area contributed by atoms with E-state index < -0.39 is 0 Å². The van der Waals surface area contributed by atoms with Crippen molar-refractivity contribution in [3.8, 4) is 0 Å². The van der Waals surface area contributed by atoms with Gasteiger partial charge in [-0.05, 0) is 38.5 Å². The number of hydrogen-bond donors (Lipinski definition) is 2. The van der Waals surface area contributed by atoms with Gasteiger partial charge in [0.1, 0.15) is 0 Å². The molecule has 0 aromatic rings. The van der Waals surface area contributed by atoms with Gasteiger partial charge in [0.15, 0.2) is 0 Å². The van der Waals surface area contributed by atoms with Gasteiger partial charge in [0.25, 0.3) is 0 Å². The second-order valence-corrected chi connectivity index (χ2v) is 5.66. The van der Waals surface area contributed by atoms with E-state index in [4.69, 9.17) is 4.74 Å². The number of aliphatic hydroxyl groups is 1. The summed E-state index contributed by atoms with van der Waals surface area (Å²) in [5.74, 6) is 1.59. The first-order chi connectivity index (χ1) is 8.04. The summed E-state index contributed by atoms with van der Waals surface area (Å²) in [6, 6.07) is 0.577. The standard InChI is InChI=1S/C14H29NO2/c1-5-12-6-7-14(11(12)4)15-8-13(16)9-17-10(2)3/h10-16H,5-9H2,1-4H3. The van der Waals surface area contributed by atoms with Crippen molar-refractivity contribution in [1.29, 1.82) is 0 Å². The molecule has 3 heteroatoms. The van der Waals surface area contributed by atoms with E-state index >= 15 is 0 Å². The fraction of sp³-hybridized carbons (Fsp3) is 1.00. The predicted molar refractivity (Wildman–Crippen MR) is 71.1 cm³/mol. The van der Waals surface area contributed by atoms with Crippen LogP contribution in [0.1, 0.15) is 47.0 Å². The van der Waals surface area contributed by atoms with E-state index in [-0.39, 0.29) is 12.2 Å². The third kappa shape index (κ3) is 4.94. The minimum atomic E-state index is -0.384. The Balaban J connectivity index is 2.18. The summed E-state index contributed by atoms with van der Waals surface area (Å²) >= 11 is 0. The van der Waals surface area contributed by atoms with Gasteiger partial charge in [0, 0.05) is 12.6 Å². The zero-order chi connectivity index (χ0) is 12.8. The zero-order valence-corrected chi connectivity index (χ0v) is 11.8. The molecular weight excluding hydrogens is 214 g/mol. The first-order valence-electron chi connectivity index (χ1n) is 7.07. The summed E-state index contributed by atoms with van der Waals surface area (Å²) in [5, 5.41) is 13.3. The first kappa shape index (κ1) is 14.9. The van der Waals surface area contributed by atoms with Gasteiger partial charge in [-0.3, -0.25) is 0 Å². The number of aliphatic hydroxyl groups excluding tert-OH is 1. The largest absolute Gasteiger partial charge is 0.389 e. The summed E-state index contributed by atoms with van der Waals surface area (Å²) in [6.07, 6.45) is 3.66. The van der Waals surface area contributed by atoms with Crippen LogP contribution in [0.2, 0.25) is 0 Å². The van der Waals surface area contributed by atoms with Crippen molar-refractivity contribution in [2.75, 3.05) is 13.2 Å². The van der Waals surface area contributed by atoms with Gasteiger partial charge in [0.2, 0.25) is 0 Å². The molecule has 1 aliphatic rings. The molecule has 1 saturated carbocycles. The maximum absolute atomic E-state index is 9.78. The maximum atomic E-state index is 9.78. The van der Waals surface area contributed by atoms with Crippen molar-refractivity contribution < 1.29 is 9.84 Å². The normalized spacial score (nSPS) is 31.1. The first-order valence-corrected chi connectivity index (χ1v) is 7.07. The molecule has 1 rings (SSSR count). The van der Waals surface area contributed by atoms with E-state index in [2.05, 4.69) is 19.2 Å². The molecular formula is C14H29NO2. The molecule has 102 valence electrons. The maximum Gasteiger partial charge on any atom is 0.0897 e. The third-order valence-corrected chi connectivity index (χ3v) is 3.99. The molecule has 0 amide bonds. The molecule has 0 radical (unpaired) electrons. The Morgan fingerprint density at radius 3 is 2.59 bits per heavy atom. The van der Waals surface area contributed by atoms with Crippen LogP contribution in [0.25, 0.3) is 0 Å². The van der Waals surface area contributed by atoms with E-state index in [9.17, 15) is 5.11 Å². The zero-order valence-electron chi connectivity index (χ0n) is 11.8. The average molecular weight is 243 g/mol. The molecule has 0 bridgehead atoms. The quantitative estimate of drug-likeness (QED) is 0.720. The Labute approximate surface area is 106 Å². The van der Waals surface area contributed by atoms with Gasteiger partial charge < -0.3 is 15.2 Å². The lowest BCUT2D eigenvalue weighted by Crippen LogP contribution is -2.39. The highest BCUT2D eigenvalue weighted by atomic mass is 16.5. The summed E-state index contributed by atoms with van der Waals surface area (Å²) < 4.78 is 5.40. The highest BCUT2D eigenvalue weighted by molar-refractivity contribution is 4.86. The lowest BCUT2D eigenvalue weighted by atomic mass is 9.93. The molecule has 17 heavy (non-hydrogen) atoms. The Hall–Kier alpha value is -0.120. The van der Waals surface area contributed by atoms with Crippen molar-refractivity contribution in [2.24, 2.45) is 11.8 Å². The molecule has 2 N–H and O–H groups in total. The molecule has 0 aliphatic heterocycles. The van der Waals surface area contributed by atoms with Crippen molar-refractivity contribution in [3.05, 3.63) is 0 Å². The van der Waals surface area contributed by atoms with E-state index in [1.807, 2.05) is 13.8 Å². The molecule has 4 unspecified atom stereocenters. The second-order valence-electron chi connectivity index (χ2n) is 5.66. The molecule has 0 saturated heterocycles. The van der Waals surface area contributed by atoms with Crippen molar-refractivity contribution >= 4 is 0 Å². The Bertz CT molecular complexity index is 208. The number of nitrogens with one attached hydrogen (secondary N) is 1. The van der Waals surface area contributed by atoms with Crippen LogP contribution in [0.4, 0.5) is 0 Å². The average Bonchev–Trinajstić information content (AvgIpc) is 2.64. The topological polar surface area (TPSA) is 41.5 Å².